The maximum atomic E-state index is 12.3. The molecule has 0 saturated carbocycles. The van der Waals surface area contributed by atoms with E-state index in [0.29, 0.717) is 24.4 Å². The highest BCUT2D eigenvalue weighted by Crippen LogP contribution is 2.19. The zero-order valence-electron chi connectivity index (χ0n) is 14.8. The lowest BCUT2D eigenvalue weighted by molar-refractivity contribution is 0.0953. The molecular weight excluding hydrogens is 312 g/mol. The SMILES string of the molecule is Cc1ccc(-c2nc(CCNC(=O)c3ccc(C)cc3C)co2)cc1. The van der Waals surface area contributed by atoms with Crippen LogP contribution in [0.25, 0.3) is 11.5 Å². The molecule has 0 saturated heterocycles. The van der Waals surface area contributed by atoms with Crippen molar-refractivity contribution < 1.29 is 9.21 Å². The molecule has 0 fully saturated rings. The molecule has 0 unspecified atom stereocenters. The second-order valence-electron chi connectivity index (χ2n) is 6.33. The molecule has 1 aromatic heterocycles. The van der Waals surface area contributed by atoms with Crippen molar-refractivity contribution >= 4 is 5.91 Å². The molecule has 128 valence electrons. The Morgan fingerprint density at radius 1 is 1.04 bits per heavy atom. The summed E-state index contributed by atoms with van der Waals surface area (Å²) in [6.45, 7) is 6.54. The van der Waals surface area contributed by atoms with E-state index < -0.39 is 0 Å². The van der Waals surface area contributed by atoms with Crippen LogP contribution in [0.2, 0.25) is 0 Å². The Labute approximate surface area is 147 Å². The number of hydrogen-bond acceptors (Lipinski definition) is 3. The zero-order valence-corrected chi connectivity index (χ0v) is 14.8. The van der Waals surface area contributed by atoms with Gasteiger partial charge in [0.15, 0.2) is 0 Å². The number of aromatic nitrogens is 1. The number of carbonyl (C=O) groups is 1. The number of rotatable bonds is 5. The van der Waals surface area contributed by atoms with E-state index >= 15 is 0 Å². The standard InChI is InChI=1S/C21H22N2O2/c1-14-4-7-17(8-5-14)21-23-18(13-25-21)10-11-22-20(24)19-9-6-15(2)12-16(19)3/h4-9,12-13H,10-11H2,1-3H3,(H,22,24). The third kappa shape index (κ3) is 4.15. The van der Waals surface area contributed by atoms with Gasteiger partial charge in [0.2, 0.25) is 5.89 Å². The van der Waals surface area contributed by atoms with Gasteiger partial charge in [-0.1, -0.05) is 35.4 Å². The Hall–Kier alpha value is -2.88. The largest absolute Gasteiger partial charge is 0.444 e. The molecule has 0 bridgehead atoms. The fourth-order valence-electron chi connectivity index (χ4n) is 2.72. The lowest BCUT2D eigenvalue weighted by Crippen LogP contribution is -2.26. The molecule has 0 atom stereocenters. The second-order valence-corrected chi connectivity index (χ2v) is 6.33. The first-order valence-electron chi connectivity index (χ1n) is 8.40. The van der Waals surface area contributed by atoms with Gasteiger partial charge in [-0.15, -0.1) is 0 Å². The number of oxazole rings is 1. The second kappa shape index (κ2) is 7.34. The summed E-state index contributed by atoms with van der Waals surface area (Å²) in [6.07, 6.45) is 2.28. The molecule has 1 amide bonds. The minimum atomic E-state index is -0.0558. The minimum absolute atomic E-state index is 0.0558. The van der Waals surface area contributed by atoms with Crippen molar-refractivity contribution in [1.29, 1.82) is 0 Å². The minimum Gasteiger partial charge on any atom is -0.444 e. The van der Waals surface area contributed by atoms with Gasteiger partial charge in [-0.2, -0.15) is 0 Å². The van der Waals surface area contributed by atoms with Gasteiger partial charge in [-0.05, 0) is 44.5 Å². The Balaban J connectivity index is 1.57. The van der Waals surface area contributed by atoms with Crippen LogP contribution >= 0.6 is 0 Å². The van der Waals surface area contributed by atoms with Gasteiger partial charge in [-0.3, -0.25) is 4.79 Å². The molecule has 3 rings (SSSR count). The van der Waals surface area contributed by atoms with Crippen molar-refractivity contribution in [1.82, 2.24) is 10.3 Å². The maximum absolute atomic E-state index is 12.3. The number of nitrogens with zero attached hydrogens (tertiary/aromatic N) is 1. The van der Waals surface area contributed by atoms with Crippen molar-refractivity contribution in [2.45, 2.75) is 27.2 Å². The van der Waals surface area contributed by atoms with Crippen molar-refractivity contribution in [2.24, 2.45) is 0 Å². The van der Waals surface area contributed by atoms with E-state index in [2.05, 4.69) is 10.3 Å². The van der Waals surface area contributed by atoms with Crippen LogP contribution in [0.3, 0.4) is 0 Å². The third-order valence-corrected chi connectivity index (χ3v) is 4.14. The highest BCUT2D eigenvalue weighted by Gasteiger charge is 2.10. The van der Waals surface area contributed by atoms with Gasteiger partial charge >= 0.3 is 0 Å². The van der Waals surface area contributed by atoms with Crippen molar-refractivity contribution in [2.75, 3.05) is 6.54 Å². The van der Waals surface area contributed by atoms with Crippen molar-refractivity contribution in [3.8, 4) is 11.5 Å². The molecule has 0 spiro atoms. The summed E-state index contributed by atoms with van der Waals surface area (Å²) < 4.78 is 5.54. The molecule has 25 heavy (non-hydrogen) atoms. The predicted molar refractivity (Wildman–Crippen MR) is 98.6 cm³/mol. The van der Waals surface area contributed by atoms with E-state index in [1.165, 1.54) is 5.56 Å². The highest BCUT2D eigenvalue weighted by molar-refractivity contribution is 5.95. The smallest absolute Gasteiger partial charge is 0.251 e. The van der Waals surface area contributed by atoms with E-state index in [-0.39, 0.29) is 5.91 Å². The van der Waals surface area contributed by atoms with E-state index in [9.17, 15) is 4.79 Å². The topological polar surface area (TPSA) is 55.1 Å². The number of carbonyl (C=O) groups excluding carboxylic acids is 1. The van der Waals surface area contributed by atoms with Gasteiger partial charge < -0.3 is 9.73 Å². The summed E-state index contributed by atoms with van der Waals surface area (Å²) in [5.41, 5.74) is 5.84. The van der Waals surface area contributed by atoms with Gasteiger partial charge in [0.25, 0.3) is 5.91 Å². The molecule has 4 heteroatoms. The van der Waals surface area contributed by atoms with Crippen LogP contribution in [-0.2, 0) is 6.42 Å². The van der Waals surface area contributed by atoms with Crippen LogP contribution in [0.5, 0.6) is 0 Å². The van der Waals surface area contributed by atoms with Gasteiger partial charge in [-0.25, -0.2) is 4.98 Å². The Morgan fingerprint density at radius 2 is 1.76 bits per heavy atom. The summed E-state index contributed by atoms with van der Waals surface area (Å²) in [5, 5.41) is 2.94. The molecule has 1 heterocycles. The fourth-order valence-corrected chi connectivity index (χ4v) is 2.72. The summed E-state index contributed by atoms with van der Waals surface area (Å²) in [6, 6.07) is 13.9. The molecule has 3 aromatic rings. The Bertz CT molecular complexity index is 879. The maximum Gasteiger partial charge on any atom is 0.251 e. The molecule has 4 nitrogen and oxygen atoms in total. The number of hydrogen-bond donors (Lipinski definition) is 1. The number of amides is 1. The third-order valence-electron chi connectivity index (χ3n) is 4.14. The van der Waals surface area contributed by atoms with E-state index in [0.717, 1.165) is 22.4 Å². The summed E-state index contributed by atoms with van der Waals surface area (Å²) in [4.78, 5) is 16.8. The van der Waals surface area contributed by atoms with Crippen LogP contribution < -0.4 is 5.32 Å². The normalized spacial score (nSPS) is 10.7. The lowest BCUT2D eigenvalue weighted by atomic mass is 10.1. The van der Waals surface area contributed by atoms with Gasteiger partial charge in [0, 0.05) is 24.1 Å². The van der Waals surface area contributed by atoms with Crippen LogP contribution in [0.15, 0.2) is 53.1 Å². The highest BCUT2D eigenvalue weighted by atomic mass is 16.3. The van der Waals surface area contributed by atoms with E-state index in [1.807, 2.05) is 63.2 Å². The van der Waals surface area contributed by atoms with Crippen LogP contribution in [0.1, 0.15) is 32.7 Å². The van der Waals surface area contributed by atoms with Crippen LogP contribution in [0, 0.1) is 20.8 Å². The summed E-state index contributed by atoms with van der Waals surface area (Å²) in [7, 11) is 0. The summed E-state index contributed by atoms with van der Waals surface area (Å²) in [5.74, 6) is 0.551. The Morgan fingerprint density at radius 3 is 2.48 bits per heavy atom. The van der Waals surface area contributed by atoms with Gasteiger partial charge in [0.05, 0.1) is 5.69 Å². The number of benzene rings is 2. The molecule has 0 aliphatic heterocycles. The monoisotopic (exact) mass is 334 g/mol. The molecular formula is C21H22N2O2. The molecule has 2 aromatic carbocycles. The predicted octanol–water partition coefficient (Wildman–Crippen LogP) is 4.24. The van der Waals surface area contributed by atoms with Crippen LogP contribution in [0.4, 0.5) is 0 Å². The van der Waals surface area contributed by atoms with E-state index in [1.54, 1.807) is 6.26 Å². The molecule has 0 radical (unpaired) electrons. The lowest BCUT2D eigenvalue weighted by Gasteiger charge is -2.07. The molecule has 0 aliphatic rings. The first-order chi connectivity index (χ1) is 12.0. The average Bonchev–Trinajstić information content (AvgIpc) is 3.04. The Kier molecular flexibility index (Phi) is 4.98. The fraction of sp³-hybridized carbons (Fsp3) is 0.238. The number of aryl methyl sites for hydroxylation is 3. The first-order valence-corrected chi connectivity index (χ1v) is 8.40. The first kappa shape index (κ1) is 17.0. The van der Waals surface area contributed by atoms with Crippen LogP contribution in [-0.4, -0.2) is 17.4 Å². The summed E-state index contributed by atoms with van der Waals surface area (Å²) >= 11 is 0. The molecule has 1 N–H and O–H groups in total. The quantitative estimate of drug-likeness (QED) is 0.759. The molecule has 0 aliphatic carbocycles. The van der Waals surface area contributed by atoms with Crippen molar-refractivity contribution in [3.63, 3.8) is 0 Å². The van der Waals surface area contributed by atoms with Crippen molar-refractivity contribution in [3.05, 3.63) is 76.7 Å². The van der Waals surface area contributed by atoms with E-state index in [4.69, 9.17) is 4.42 Å². The van der Waals surface area contributed by atoms with Gasteiger partial charge in [0.1, 0.15) is 6.26 Å². The number of nitrogens with one attached hydrogen (secondary N) is 1. The zero-order chi connectivity index (χ0) is 17.8. The average molecular weight is 334 g/mol.